The Kier molecular flexibility index (Phi) is 4.59. The van der Waals surface area contributed by atoms with E-state index in [0.717, 1.165) is 31.5 Å². The fourth-order valence-electron chi connectivity index (χ4n) is 2.20. The predicted octanol–water partition coefficient (Wildman–Crippen LogP) is 2.82. The molecule has 0 atom stereocenters. The van der Waals surface area contributed by atoms with Crippen LogP contribution >= 0.6 is 0 Å². The van der Waals surface area contributed by atoms with Crippen LogP contribution in [-0.4, -0.2) is 24.1 Å². The van der Waals surface area contributed by atoms with Gasteiger partial charge in [0.1, 0.15) is 5.82 Å². The molecule has 18 heavy (non-hydrogen) atoms. The molecule has 0 saturated heterocycles. The number of anilines is 1. The normalized spacial score (nSPS) is 15.1. The number of aromatic nitrogens is 1. The van der Waals surface area contributed by atoms with Crippen molar-refractivity contribution in [3.05, 3.63) is 23.9 Å². The molecule has 0 spiro atoms. The second-order valence-corrected chi connectivity index (χ2v) is 5.57. The Morgan fingerprint density at radius 2 is 2.22 bits per heavy atom. The molecule has 0 radical (unpaired) electrons. The van der Waals surface area contributed by atoms with Crippen molar-refractivity contribution in [3.63, 3.8) is 0 Å². The lowest BCUT2D eigenvalue weighted by Crippen LogP contribution is -2.30. The third-order valence-corrected chi connectivity index (χ3v) is 3.29. The van der Waals surface area contributed by atoms with Crippen molar-refractivity contribution in [1.82, 2.24) is 10.3 Å². The lowest BCUT2D eigenvalue weighted by molar-refractivity contribution is 0.608. The van der Waals surface area contributed by atoms with Crippen LogP contribution in [0.15, 0.2) is 18.3 Å². The Hall–Kier alpha value is -1.09. The average Bonchev–Trinajstić information content (AvgIpc) is 3.18. The molecule has 1 fully saturated rings. The lowest BCUT2D eigenvalue weighted by atomic mass is 10.1. The van der Waals surface area contributed by atoms with E-state index in [1.165, 1.54) is 18.4 Å². The van der Waals surface area contributed by atoms with Gasteiger partial charge in [-0.25, -0.2) is 4.98 Å². The quantitative estimate of drug-likeness (QED) is 0.803. The van der Waals surface area contributed by atoms with Gasteiger partial charge in [-0.3, -0.25) is 0 Å². The van der Waals surface area contributed by atoms with Crippen LogP contribution in [0.3, 0.4) is 0 Å². The van der Waals surface area contributed by atoms with Gasteiger partial charge in [-0.05, 0) is 31.7 Å². The minimum Gasteiger partial charge on any atom is -0.356 e. The summed E-state index contributed by atoms with van der Waals surface area (Å²) in [6, 6.07) is 4.98. The molecular weight excluding hydrogens is 222 g/mol. The topological polar surface area (TPSA) is 28.2 Å². The molecule has 3 nitrogen and oxygen atoms in total. The van der Waals surface area contributed by atoms with Gasteiger partial charge in [0.15, 0.2) is 0 Å². The molecule has 100 valence electrons. The molecule has 1 aromatic heterocycles. The zero-order chi connectivity index (χ0) is 13.0. The largest absolute Gasteiger partial charge is 0.356 e. The number of hydrogen-bond donors (Lipinski definition) is 1. The van der Waals surface area contributed by atoms with Crippen molar-refractivity contribution < 1.29 is 0 Å². The van der Waals surface area contributed by atoms with E-state index in [2.05, 4.69) is 42.0 Å². The first-order valence-corrected chi connectivity index (χ1v) is 7.13. The molecule has 0 bridgehead atoms. The summed E-state index contributed by atoms with van der Waals surface area (Å²) in [7, 11) is 0. The third kappa shape index (κ3) is 3.70. The SMILES string of the molecule is CCN(CC(C)C)c1ncccc1CNC1CC1. The molecule has 0 aromatic carbocycles. The van der Waals surface area contributed by atoms with E-state index in [1.807, 2.05) is 12.3 Å². The van der Waals surface area contributed by atoms with Crippen LogP contribution in [0.25, 0.3) is 0 Å². The Balaban J connectivity index is 2.07. The molecule has 2 rings (SSSR count). The van der Waals surface area contributed by atoms with Crippen molar-refractivity contribution in [2.24, 2.45) is 5.92 Å². The van der Waals surface area contributed by atoms with Gasteiger partial charge in [0.05, 0.1) is 0 Å². The average molecular weight is 247 g/mol. The molecule has 1 heterocycles. The van der Waals surface area contributed by atoms with Gasteiger partial charge in [0.2, 0.25) is 0 Å². The zero-order valence-corrected chi connectivity index (χ0v) is 11.8. The Morgan fingerprint density at radius 3 is 2.83 bits per heavy atom. The molecule has 0 amide bonds. The first kappa shape index (κ1) is 13.3. The third-order valence-electron chi connectivity index (χ3n) is 3.29. The van der Waals surface area contributed by atoms with Crippen LogP contribution in [0.5, 0.6) is 0 Å². The molecule has 1 aliphatic rings. The van der Waals surface area contributed by atoms with Crippen molar-refractivity contribution in [1.29, 1.82) is 0 Å². The summed E-state index contributed by atoms with van der Waals surface area (Å²) < 4.78 is 0. The van der Waals surface area contributed by atoms with Gasteiger partial charge in [0.25, 0.3) is 0 Å². The molecule has 0 unspecified atom stereocenters. The highest BCUT2D eigenvalue weighted by Crippen LogP contribution is 2.22. The van der Waals surface area contributed by atoms with Crippen molar-refractivity contribution in [3.8, 4) is 0 Å². The van der Waals surface area contributed by atoms with Crippen molar-refractivity contribution in [2.75, 3.05) is 18.0 Å². The van der Waals surface area contributed by atoms with Crippen LogP contribution in [0.2, 0.25) is 0 Å². The Labute approximate surface area is 111 Å². The smallest absolute Gasteiger partial charge is 0.133 e. The summed E-state index contributed by atoms with van der Waals surface area (Å²) in [6.45, 7) is 9.76. The number of hydrogen-bond acceptors (Lipinski definition) is 3. The van der Waals surface area contributed by atoms with E-state index < -0.39 is 0 Å². The van der Waals surface area contributed by atoms with E-state index in [4.69, 9.17) is 0 Å². The molecule has 3 heteroatoms. The Morgan fingerprint density at radius 1 is 1.44 bits per heavy atom. The highest BCUT2D eigenvalue weighted by molar-refractivity contribution is 5.46. The number of nitrogens with one attached hydrogen (secondary N) is 1. The molecule has 1 aliphatic carbocycles. The van der Waals surface area contributed by atoms with Crippen LogP contribution in [0, 0.1) is 5.92 Å². The maximum atomic E-state index is 4.59. The summed E-state index contributed by atoms with van der Waals surface area (Å²) in [5, 5.41) is 3.58. The minimum atomic E-state index is 0.663. The first-order chi connectivity index (χ1) is 8.70. The van der Waals surface area contributed by atoms with Gasteiger partial charge in [-0.1, -0.05) is 19.9 Å². The van der Waals surface area contributed by atoms with Gasteiger partial charge in [0, 0.05) is 37.4 Å². The van der Waals surface area contributed by atoms with Crippen molar-refractivity contribution >= 4 is 5.82 Å². The van der Waals surface area contributed by atoms with E-state index in [9.17, 15) is 0 Å². The predicted molar refractivity (Wildman–Crippen MR) is 76.8 cm³/mol. The summed E-state index contributed by atoms with van der Waals surface area (Å²) in [5.41, 5.74) is 1.33. The molecule has 1 N–H and O–H groups in total. The van der Waals surface area contributed by atoms with Gasteiger partial charge >= 0.3 is 0 Å². The van der Waals surface area contributed by atoms with E-state index in [-0.39, 0.29) is 0 Å². The van der Waals surface area contributed by atoms with Crippen molar-refractivity contribution in [2.45, 2.75) is 46.2 Å². The summed E-state index contributed by atoms with van der Waals surface area (Å²) in [6.07, 6.45) is 4.57. The summed E-state index contributed by atoms with van der Waals surface area (Å²) >= 11 is 0. The fourth-order valence-corrected chi connectivity index (χ4v) is 2.20. The number of rotatable bonds is 7. The fraction of sp³-hybridized carbons (Fsp3) is 0.667. The number of pyridine rings is 1. The lowest BCUT2D eigenvalue weighted by Gasteiger charge is -2.26. The van der Waals surface area contributed by atoms with Crippen LogP contribution < -0.4 is 10.2 Å². The standard InChI is InChI=1S/C15H25N3/c1-4-18(11-12(2)3)15-13(6-5-9-16-15)10-17-14-7-8-14/h5-6,9,12,14,17H,4,7-8,10-11H2,1-3H3. The highest BCUT2D eigenvalue weighted by atomic mass is 15.2. The number of nitrogens with zero attached hydrogens (tertiary/aromatic N) is 2. The van der Waals surface area contributed by atoms with Gasteiger partial charge in [-0.15, -0.1) is 0 Å². The van der Waals surface area contributed by atoms with Crippen LogP contribution in [-0.2, 0) is 6.54 Å². The highest BCUT2D eigenvalue weighted by Gasteiger charge is 2.21. The summed E-state index contributed by atoms with van der Waals surface area (Å²) in [4.78, 5) is 6.97. The first-order valence-electron chi connectivity index (χ1n) is 7.13. The maximum absolute atomic E-state index is 4.59. The summed E-state index contributed by atoms with van der Waals surface area (Å²) in [5.74, 6) is 1.82. The monoisotopic (exact) mass is 247 g/mol. The molecule has 1 aromatic rings. The van der Waals surface area contributed by atoms with Gasteiger partial charge in [-0.2, -0.15) is 0 Å². The molecular formula is C15H25N3. The van der Waals surface area contributed by atoms with E-state index >= 15 is 0 Å². The van der Waals surface area contributed by atoms with E-state index in [1.54, 1.807) is 0 Å². The molecule has 1 saturated carbocycles. The second kappa shape index (κ2) is 6.19. The second-order valence-electron chi connectivity index (χ2n) is 5.57. The maximum Gasteiger partial charge on any atom is 0.133 e. The minimum absolute atomic E-state index is 0.663. The Bertz CT molecular complexity index is 372. The van der Waals surface area contributed by atoms with Crippen LogP contribution in [0.4, 0.5) is 5.82 Å². The van der Waals surface area contributed by atoms with Gasteiger partial charge < -0.3 is 10.2 Å². The van der Waals surface area contributed by atoms with Crippen LogP contribution in [0.1, 0.15) is 39.2 Å². The van der Waals surface area contributed by atoms with E-state index in [0.29, 0.717) is 5.92 Å². The zero-order valence-electron chi connectivity index (χ0n) is 11.8. The molecule has 0 aliphatic heterocycles.